The number of nitrogens with one attached hydrogen (secondary N) is 2. The zero-order chi connectivity index (χ0) is 19.0. The van der Waals surface area contributed by atoms with Gasteiger partial charge in [-0.15, -0.1) is 0 Å². The number of fused-ring (bicyclic) bond motifs is 1. The SMILES string of the molecule is Cc1nn(C)c(C)c1-c1cccc(C(=O)NCc2nc3ccccc3[nH]2)c1. The van der Waals surface area contributed by atoms with Crippen molar-refractivity contribution in [2.24, 2.45) is 7.05 Å². The van der Waals surface area contributed by atoms with Gasteiger partial charge >= 0.3 is 0 Å². The van der Waals surface area contributed by atoms with Gasteiger partial charge in [-0.1, -0.05) is 24.3 Å². The van der Waals surface area contributed by atoms with Crippen molar-refractivity contribution in [1.29, 1.82) is 0 Å². The maximum Gasteiger partial charge on any atom is 0.251 e. The second-order valence-corrected chi connectivity index (χ2v) is 6.63. The highest BCUT2D eigenvalue weighted by Gasteiger charge is 2.14. The molecule has 2 aromatic carbocycles. The summed E-state index contributed by atoms with van der Waals surface area (Å²) in [6, 6.07) is 15.4. The van der Waals surface area contributed by atoms with Crippen molar-refractivity contribution in [2.45, 2.75) is 20.4 Å². The summed E-state index contributed by atoms with van der Waals surface area (Å²) in [6.45, 7) is 4.36. The predicted molar refractivity (Wildman–Crippen MR) is 105 cm³/mol. The summed E-state index contributed by atoms with van der Waals surface area (Å²) in [6.07, 6.45) is 0. The molecule has 4 rings (SSSR count). The fraction of sp³-hybridized carbons (Fsp3) is 0.190. The van der Waals surface area contributed by atoms with E-state index in [0.717, 1.165) is 39.4 Å². The van der Waals surface area contributed by atoms with Crippen molar-refractivity contribution in [3.05, 3.63) is 71.3 Å². The molecule has 0 spiro atoms. The number of aromatic nitrogens is 4. The van der Waals surface area contributed by atoms with Crippen LogP contribution in [0.1, 0.15) is 27.6 Å². The van der Waals surface area contributed by atoms with E-state index in [1.54, 1.807) is 0 Å². The monoisotopic (exact) mass is 359 g/mol. The molecule has 0 saturated heterocycles. The molecule has 0 saturated carbocycles. The number of aryl methyl sites for hydroxylation is 2. The first-order valence-corrected chi connectivity index (χ1v) is 8.85. The third-order valence-corrected chi connectivity index (χ3v) is 4.78. The minimum Gasteiger partial charge on any atom is -0.345 e. The summed E-state index contributed by atoms with van der Waals surface area (Å²) in [4.78, 5) is 20.3. The van der Waals surface area contributed by atoms with E-state index < -0.39 is 0 Å². The van der Waals surface area contributed by atoms with Crippen LogP contribution in [0, 0.1) is 13.8 Å². The summed E-state index contributed by atoms with van der Waals surface area (Å²) in [5.41, 5.74) is 6.57. The van der Waals surface area contributed by atoms with E-state index >= 15 is 0 Å². The molecule has 1 amide bonds. The van der Waals surface area contributed by atoms with Crippen LogP contribution in [0.25, 0.3) is 22.2 Å². The van der Waals surface area contributed by atoms with Gasteiger partial charge in [-0.25, -0.2) is 4.98 Å². The summed E-state index contributed by atoms with van der Waals surface area (Å²) in [7, 11) is 1.93. The number of para-hydroxylation sites is 2. The molecule has 0 bridgehead atoms. The normalized spacial score (nSPS) is 11.1. The minimum absolute atomic E-state index is 0.128. The number of carbonyl (C=O) groups is 1. The Morgan fingerprint density at radius 1 is 1.15 bits per heavy atom. The lowest BCUT2D eigenvalue weighted by Crippen LogP contribution is -2.23. The van der Waals surface area contributed by atoms with Crippen LogP contribution >= 0.6 is 0 Å². The molecule has 0 atom stereocenters. The van der Waals surface area contributed by atoms with Crippen LogP contribution in [0.5, 0.6) is 0 Å². The highest BCUT2D eigenvalue weighted by Crippen LogP contribution is 2.27. The molecule has 136 valence electrons. The molecule has 4 aromatic rings. The number of hydrogen-bond acceptors (Lipinski definition) is 3. The molecule has 0 aliphatic carbocycles. The number of benzene rings is 2. The van der Waals surface area contributed by atoms with E-state index in [-0.39, 0.29) is 5.91 Å². The Balaban J connectivity index is 1.54. The molecule has 2 N–H and O–H groups in total. The number of hydrogen-bond donors (Lipinski definition) is 2. The number of imidazole rings is 1. The van der Waals surface area contributed by atoms with Gasteiger partial charge in [0, 0.05) is 23.9 Å². The number of carbonyl (C=O) groups excluding carboxylic acids is 1. The summed E-state index contributed by atoms with van der Waals surface area (Å²) >= 11 is 0. The van der Waals surface area contributed by atoms with Crippen LogP contribution in [0.4, 0.5) is 0 Å². The van der Waals surface area contributed by atoms with Gasteiger partial charge in [0.25, 0.3) is 5.91 Å². The molecular formula is C21H21N5O. The quantitative estimate of drug-likeness (QED) is 0.585. The average Bonchev–Trinajstić information content (AvgIpc) is 3.19. The van der Waals surface area contributed by atoms with Gasteiger partial charge < -0.3 is 10.3 Å². The van der Waals surface area contributed by atoms with E-state index in [1.807, 2.05) is 74.1 Å². The van der Waals surface area contributed by atoms with Crippen LogP contribution in [-0.2, 0) is 13.6 Å². The van der Waals surface area contributed by atoms with Crippen LogP contribution < -0.4 is 5.32 Å². The first kappa shape index (κ1) is 17.0. The second kappa shape index (κ2) is 6.72. The van der Waals surface area contributed by atoms with Crippen molar-refractivity contribution >= 4 is 16.9 Å². The molecule has 27 heavy (non-hydrogen) atoms. The standard InChI is InChI=1S/C21H21N5O/c1-13-20(14(2)26(3)25-13)15-7-6-8-16(11-15)21(27)22-12-19-23-17-9-4-5-10-18(17)24-19/h4-11H,12H2,1-3H3,(H,22,27)(H,23,24). The maximum absolute atomic E-state index is 12.6. The molecule has 0 radical (unpaired) electrons. The van der Waals surface area contributed by atoms with Gasteiger partial charge in [-0.3, -0.25) is 9.48 Å². The van der Waals surface area contributed by atoms with Gasteiger partial charge in [-0.2, -0.15) is 5.10 Å². The van der Waals surface area contributed by atoms with E-state index in [1.165, 1.54) is 0 Å². The summed E-state index contributed by atoms with van der Waals surface area (Å²) < 4.78 is 1.86. The molecule has 0 unspecified atom stereocenters. The molecule has 0 aliphatic heterocycles. The van der Waals surface area contributed by atoms with Crippen LogP contribution in [0.15, 0.2) is 48.5 Å². The Bertz CT molecular complexity index is 1110. The van der Waals surface area contributed by atoms with Crippen molar-refractivity contribution in [3.63, 3.8) is 0 Å². The maximum atomic E-state index is 12.6. The third-order valence-electron chi connectivity index (χ3n) is 4.78. The van der Waals surface area contributed by atoms with Gasteiger partial charge in [0.05, 0.1) is 23.3 Å². The smallest absolute Gasteiger partial charge is 0.251 e. The van der Waals surface area contributed by atoms with E-state index in [9.17, 15) is 4.79 Å². The average molecular weight is 359 g/mol. The molecular weight excluding hydrogens is 338 g/mol. The van der Waals surface area contributed by atoms with Crippen LogP contribution in [0.3, 0.4) is 0 Å². The van der Waals surface area contributed by atoms with E-state index in [2.05, 4.69) is 20.4 Å². The highest BCUT2D eigenvalue weighted by molar-refractivity contribution is 5.95. The first-order chi connectivity index (χ1) is 13.0. The molecule has 2 aromatic heterocycles. The summed E-state index contributed by atoms with van der Waals surface area (Å²) in [5, 5.41) is 7.40. The van der Waals surface area contributed by atoms with Gasteiger partial charge in [0.2, 0.25) is 0 Å². The Hall–Kier alpha value is -3.41. The molecule has 0 fully saturated rings. The zero-order valence-electron chi connectivity index (χ0n) is 15.6. The van der Waals surface area contributed by atoms with Crippen molar-refractivity contribution in [2.75, 3.05) is 0 Å². The number of nitrogens with zero attached hydrogens (tertiary/aromatic N) is 3. The second-order valence-electron chi connectivity index (χ2n) is 6.63. The third kappa shape index (κ3) is 3.21. The van der Waals surface area contributed by atoms with Crippen molar-refractivity contribution in [3.8, 4) is 11.1 Å². The Morgan fingerprint density at radius 2 is 1.96 bits per heavy atom. The fourth-order valence-electron chi connectivity index (χ4n) is 3.36. The minimum atomic E-state index is -0.128. The number of amides is 1. The lowest BCUT2D eigenvalue weighted by atomic mass is 10.0. The molecule has 6 heteroatoms. The fourth-order valence-corrected chi connectivity index (χ4v) is 3.36. The Labute approximate surface area is 157 Å². The van der Waals surface area contributed by atoms with Crippen molar-refractivity contribution in [1.82, 2.24) is 25.1 Å². The molecule has 0 aliphatic rings. The molecule has 2 heterocycles. The Kier molecular flexibility index (Phi) is 4.24. The van der Waals surface area contributed by atoms with Crippen molar-refractivity contribution < 1.29 is 4.79 Å². The number of aromatic amines is 1. The zero-order valence-corrected chi connectivity index (χ0v) is 15.6. The van der Waals surface area contributed by atoms with Crippen LogP contribution in [-0.4, -0.2) is 25.7 Å². The number of rotatable bonds is 4. The lowest BCUT2D eigenvalue weighted by molar-refractivity contribution is 0.0950. The largest absolute Gasteiger partial charge is 0.345 e. The molecule has 6 nitrogen and oxygen atoms in total. The van der Waals surface area contributed by atoms with Gasteiger partial charge in [-0.05, 0) is 43.7 Å². The summed E-state index contributed by atoms with van der Waals surface area (Å²) in [5.74, 6) is 0.608. The topological polar surface area (TPSA) is 75.6 Å². The lowest BCUT2D eigenvalue weighted by Gasteiger charge is -2.07. The Morgan fingerprint density at radius 3 is 2.70 bits per heavy atom. The highest BCUT2D eigenvalue weighted by atomic mass is 16.1. The van der Waals surface area contributed by atoms with Gasteiger partial charge in [0.15, 0.2) is 0 Å². The van der Waals surface area contributed by atoms with Crippen LogP contribution in [0.2, 0.25) is 0 Å². The van der Waals surface area contributed by atoms with Gasteiger partial charge in [0.1, 0.15) is 5.82 Å². The first-order valence-electron chi connectivity index (χ1n) is 8.85. The number of H-pyrrole nitrogens is 1. The van der Waals surface area contributed by atoms with E-state index in [4.69, 9.17) is 0 Å². The van der Waals surface area contributed by atoms with E-state index in [0.29, 0.717) is 12.1 Å². The predicted octanol–water partition coefficient (Wildman–Crippen LogP) is 3.51.